The van der Waals surface area contributed by atoms with E-state index in [0.717, 1.165) is 33.7 Å². The number of amides is 1. The summed E-state index contributed by atoms with van der Waals surface area (Å²) in [6.07, 6.45) is 1.33. The van der Waals surface area contributed by atoms with Crippen LogP contribution in [0.5, 0.6) is 5.75 Å². The summed E-state index contributed by atoms with van der Waals surface area (Å²) >= 11 is 7.54. The van der Waals surface area contributed by atoms with Gasteiger partial charge in [0.2, 0.25) is 0 Å². The topological polar surface area (TPSA) is 90.1 Å². The molecule has 2 aromatic heterocycles. The summed E-state index contributed by atoms with van der Waals surface area (Å²) in [4.78, 5) is 21.6. The van der Waals surface area contributed by atoms with E-state index in [9.17, 15) is 9.18 Å². The first-order valence-corrected chi connectivity index (χ1v) is 11.2. The zero-order chi connectivity index (χ0) is 22.2. The third-order valence-corrected chi connectivity index (χ3v) is 6.35. The van der Waals surface area contributed by atoms with Crippen LogP contribution in [0.2, 0.25) is 5.02 Å². The summed E-state index contributed by atoms with van der Waals surface area (Å²) in [6, 6.07) is 11.5. The number of carbonyl (C=O) groups excluding carboxylic acids is 1. The molecule has 3 heterocycles. The molecule has 0 atom stereocenters. The van der Waals surface area contributed by atoms with Gasteiger partial charge >= 0.3 is 0 Å². The zero-order valence-electron chi connectivity index (χ0n) is 16.8. The van der Waals surface area contributed by atoms with Crippen LogP contribution in [0.15, 0.2) is 42.5 Å². The molecule has 0 unspecified atom stereocenters. The fourth-order valence-electron chi connectivity index (χ4n) is 3.73. The van der Waals surface area contributed by atoms with E-state index in [2.05, 4.69) is 10.3 Å². The Balaban J connectivity index is 1.32. The molecule has 6 nitrogen and oxygen atoms in total. The molecular weight excluding hydrogens is 451 g/mol. The second-order valence-corrected chi connectivity index (χ2v) is 8.89. The Morgan fingerprint density at radius 1 is 1.22 bits per heavy atom. The molecule has 0 spiro atoms. The highest BCUT2D eigenvalue weighted by Gasteiger charge is 2.21. The number of rotatable bonds is 5. The van der Waals surface area contributed by atoms with Crippen LogP contribution >= 0.6 is 22.9 Å². The van der Waals surface area contributed by atoms with Crippen LogP contribution in [0.25, 0.3) is 21.5 Å². The van der Waals surface area contributed by atoms with Crippen LogP contribution in [0.1, 0.15) is 21.6 Å². The molecule has 162 valence electrons. The van der Waals surface area contributed by atoms with Gasteiger partial charge in [0.25, 0.3) is 5.91 Å². The average Bonchev–Trinajstić information content (AvgIpc) is 3.39. The number of aromatic nitrogens is 2. The van der Waals surface area contributed by atoms with Crippen molar-refractivity contribution in [3.63, 3.8) is 0 Å². The highest BCUT2D eigenvalue weighted by atomic mass is 35.5. The third kappa shape index (κ3) is 3.99. The number of ether oxygens (including phenoxy) is 1. The van der Waals surface area contributed by atoms with Gasteiger partial charge < -0.3 is 15.8 Å². The van der Waals surface area contributed by atoms with Gasteiger partial charge in [-0.15, -0.1) is 0 Å². The van der Waals surface area contributed by atoms with E-state index in [0.29, 0.717) is 46.5 Å². The predicted octanol–water partition coefficient (Wildman–Crippen LogP) is 4.64. The maximum Gasteiger partial charge on any atom is 0.251 e. The molecule has 0 aliphatic carbocycles. The van der Waals surface area contributed by atoms with Gasteiger partial charge in [0.1, 0.15) is 22.8 Å². The number of carbonyl (C=O) groups is 1. The molecular formula is C23H18ClFN4O2S. The molecule has 0 saturated carbocycles. The van der Waals surface area contributed by atoms with Crippen molar-refractivity contribution in [2.75, 3.05) is 18.9 Å². The molecule has 0 bridgehead atoms. The summed E-state index contributed by atoms with van der Waals surface area (Å²) in [5.41, 5.74) is 10.2. The number of anilines is 1. The molecule has 5 rings (SSSR count). The molecule has 1 aliphatic heterocycles. The van der Waals surface area contributed by atoms with Crippen molar-refractivity contribution < 1.29 is 13.9 Å². The van der Waals surface area contributed by atoms with Crippen LogP contribution in [0.4, 0.5) is 9.52 Å². The first kappa shape index (κ1) is 20.7. The number of thiazole rings is 1. The quantitative estimate of drug-likeness (QED) is 0.445. The van der Waals surface area contributed by atoms with E-state index < -0.39 is 0 Å². The van der Waals surface area contributed by atoms with Crippen molar-refractivity contribution >= 4 is 44.2 Å². The number of hydrogen-bond acceptors (Lipinski definition) is 6. The van der Waals surface area contributed by atoms with Gasteiger partial charge in [-0.2, -0.15) is 0 Å². The van der Waals surface area contributed by atoms with Gasteiger partial charge in [-0.1, -0.05) is 22.9 Å². The monoisotopic (exact) mass is 468 g/mol. The molecule has 0 radical (unpaired) electrons. The Kier molecular flexibility index (Phi) is 5.40. The molecule has 32 heavy (non-hydrogen) atoms. The van der Waals surface area contributed by atoms with Crippen molar-refractivity contribution in [1.29, 1.82) is 0 Å². The van der Waals surface area contributed by atoms with Gasteiger partial charge in [0, 0.05) is 41.8 Å². The minimum Gasteiger partial charge on any atom is -0.491 e. The van der Waals surface area contributed by atoms with Crippen LogP contribution in [0, 0.1) is 5.82 Å². The molecule has 1 aliphatic rings. The second kappa shape index (κ2) is 8.37. The summed E-state index contributed by atoms with van der Waals surface area (Å²) in [6.45, 7) is 0.992. The van der Waals surface area contributed by atoms with E-state index in [1.54, 1.807) is 24.3 Å². The lowest BCUT2D eigenvalue weighted by Crippen LogP contribution is -2.26. The summed E-state index contributed by atoms with van der Waals surface area (Å²) in [5.74, 6) is 0.213. The van der Waals surface area contributed by atoms with Gasteiger partial charge in [-0.05, 0) is 42.5 Å². The average molecular weight is 469 g/mol. The lowest BCUT2D eigenvalue weighted by Gasteiger charge is -2.11. The molecule has 9 heteroatoms. The summed E-state index contributed by atoms with van der Waals surface area (Å²) < 4.78 is 19.9. The normalized spacial score (nSPS) is 12.6. The van der Waals surface area contributed by atoms with E-state index >= 15 is 0 Å². The van der Waals surface area contributed by atoms with Gasteiger partial charge in [-0.3, -0.25) is 4.79 Å². The lowest BCUT2D eigenvalue weighted by atomic mass is 10.0. The smallest absolute Gasteiger partial charge is 0.251 e. The van der Waals surface area contributed by atoms with Crippen LogP contribution < -0.4 is 15.8 Å². The van der Waals surface area contributed by atoms with E-state index in [-0.39, 0.29) is 11.7 Å². The number of benzene rings is 2. The fraction of sp³-hybridized carbons (Fsp3) is 0.174. The summed E-state index contributed by atoms with van der Waals surface area (Å²) in [5, 5.41) is 3.71. The molecule has 0 fully saturated rings. The van der Waals surface area contributed by atoms with E-state index in [4.69, 9.17) is 27.1 Å². The minimum absolute atomic E-state index is 0.232. The van der Waals surface area contributed by atoms with Crippen molar-refractivity contribution in [3.05, 3.63) is 70.1 Å². The Morgan fingerprint density at radius 3 is 2.84 bits per heavy atom. The first-order chi connectivity index (χ1) is 15.5. The highest BCUT2D eigenvalue weighted by Crippen LogP contribution is 2.36. The molecule has 1 amide bonds. The molecule has 3 N–H and O–H groups in total. The maximum absolute atomic E-state index is 13.3. The first-order valence-electron chi connectivity index (χ1n) is 10.0. The number of nitrogen functional groups attached to an aromatic ring is 1. The molecule has 0 saturated heterocycles. The predicted molar refractivity (Wildman–Crippen MR) is 124 cm³/mol. The molecule has 4 aromatic rings. The van der Waals surface area contributed by atoms with Crippen molar-refractivity contribution in [2.24, 2.45) is 0 Å². The number of pyridine rings is 1. The zero-order valence-corrected chi connectivity index (χ0v) is 18.4. The van der Waals surface area contributed by atoms with Crippen molar-refractivity contribution in [1.82, 2.24) is 15.3 Å². The van der Waals surface area contributed by atoms with Crippen LogP contribution in [-0.2, 0) is 12.8 Å². The Morgan fingerprint density at radius 2 is 2.03 bits per heavy atom. The standard InChI is InChI=1S/C23H18ClFN4O2S/c24-17-10-14(11-18-20(17)29-23(26)32-18)22(30)27-7-5-16-9-13-6-8-31-21(13)19(28-16)12-1-3-15(25)4-2-12/h1-4,9-11H,5-8H2,(H2,26,29)(H,27,30). The van der Waals surface area contributed by atoms with Gasteiger partial charge in [0.15, 0.2) is 5.13 Å². The fourth-order valence-corrected chi connectivity index (χ4v) is 4.85. The van der Waals surface area contributed by atoms with Crippen molar-refractivity contribution in [3.8, 4) is 17.0 Å². The number of nitrogens with one attached hydrogen (secondary N) is 1. The van der Waals surface area contributed by atoms with E-state index in [1.165, 1.54) is 23.5 Å². The SMILES string of the molecule is Nc1nc2c(Cl)cc(C(=O)NCCc3cc4c(c(-c5ccc(F)cc5)n3)OCC4)cc2s1. The summed E-state index contributed by atoms with van der Waals surface area (Å²) in [7, 11) is 0. The largest absolute Gasteiger partial charge is 0.491 e. The highest BCUT2D eigenvalue weighted by molar-refractivity contribution is 7.22. The number of hydrogen-bond donors (Lipinski definition) is 2. The minimum atomic E-state index is -0.301. The lowest BCUT2D eigenvalue weighted by molar-refractivity contribution is 0.0954. The van der Waals surface area contributed by atoms with Gasteiger partial charge in [-0.25, -0.2) is 14.4 Å². The van der Waals surface area contributed by atoms with Gasteiger partial charge in [0.05, 0.1) is 16.3 Å². The Hall–Kier alpha value is -3.23. The number of fused-ring (bicyclic) bond motifs is 2. The van der Waals surface area contributed by atoms with Crippen LogP contribution in [0.3, 0.4) is 0 Å². The second-order valence-electron chi connectivity index (χ2n) is 7.42. The van der Waals surface area contributed by atoms with Crippen molar-refractivity contribution in [2.45, 2.75) is 12.8 Å². The maximum atomic E-state index is 13.3. The number of nitrogens with two attached hydrogens (primary N) is 1. The third-order valence-electron chi connectivity index (χ3n) is 5.23. The molecule has 2 aromatic carbocycles. The number of nitrogens with zero attached hydrogens (tertiary/aromatic N) is 2. The van der Waals surface area contributed by atoms with E-state index in [1.807, 2.05) is 6.07 Å². The number of halogens is 2. The Labute approximate surface area is 192 Å². The van der Waals surface area contributed by atoms with Crippen LogP contribution in [-0.4, -0.2) is 29.0 Å². The Bertz CT molecular complexity index is 1340.